The van der Waals surface area contributed by atoms with E-state index in [4.69, 9.17) is 0 Å². The van der Waals surface area contributed by atoms with Gasteiger partial charge in [-0.3, -0.25) is 9.79 Å². The van der Waals surface area contributed by atoms with Crippen LogP contribution >= 0.6 is 24.0 Å². The highest BCUT2D eigenvalue weighted by Gasteiger charge is 2.22. The van der Waals surface area contributed by atoms with E-state index in [9.17, 15) is 9.18 Å². The molecule has 0 unspecified atom stereocenters. The van der Waals surface area contributed by atoms with Crippen LogP contribution in [0.25, 0.3) is 0 Å². The second-order valence-corrected chi connectivity index (χ2v) is 7.38. The molecule has 1 heterocycles. The van der Waals surface area contributed by atoms with Gasteiger partial charge in [-0.25, -0.2) is 4.39 Å². The van der Waals surface area contributed by atoms with Gasteiger partial charge in [-0.2, -0.15) is 0 Å². The molecule has 162 valence electrons. The standard InChI is InChI=1S/C23H29FN4O.HI/c1-25-23(26-16-20-9-5-6-10-21(20)24)27-17-22(29)28-13-11-19(12-14-28)15-18-7-3-2-4-8-18;/h2-10,19H,11-17H2,1H3,(H2,25,26,27);1H. The van der Waals surface area contributed by atoms with Crippen LogP contribution in [0.3, 0.4) is 0 Å². The van der Waals surface area contributed by atoms with Gasteiger partial charge in [-0.1, -0.05) is 48.5 Å². The molecule has 5 nitrogen and oxygen atoms in total. The second-order valence-electron chi connectivity index (χ2n) is 7.38. The average molecular weight is 524 g/mol. The maximum absolute atomic E-state index is 13.7. The van der Waals surface area contributed by atoms with E-state index in [1.807, 2.05) is 11.0 Å². The molecular weight excluding hydrogens is 494 g/mol. The van der Waals surface area contributed by atoms with Gasteiger partial charge in [-0.05, 0) is 36.8 Å². The summed E-state index contributed by atoms with van der Waals surface area (Å²) < 4.78 is 13.7. The molecule has 0 saturated carbocycles. The summed E-state index contributed by atoms with van der Waals surface area (Å²) in [6.45, 7) is 2.07. The van der Waals surface area contributed by atoms with Crippen LogP contribution in [-0.4, -0.2) is 43.4 Å². The predicted octanol–water partition coefficient (Wildman–Crippen LogP) is 3.59. The van der Waals surface area contributed by atoms with Gasteiger partial charge < -0.3 is 15.5 Å². The van der Waals surface area contributed by atoms with Gasteiger partial charge in [0.05, 0.1) is 6.54 Å². The molecule has 0 aromatic heterocycles. The number of nitrogens with one attached hydrogen (secondary N) is 2. The van der Waals surface area contributed by atoms with Crippen LogP contribution in [0, 0.1) is 11.7 Å². The van der Waals surface area contributed by atoms with Crippen LogP contribution < -0.4 is 10.6 Å². The number of carbonyl (C=O) groups is 1. The Morgan fingerprint density at radius 3 is 2.40 bits per heavy atom. The highest BCUT2D eigenvalue weighted by atomic mass is 127. The van der Waals surface area contributed by atoms with Crippen LogP contribution in [0.1, 0.15) is 24.0 Å². The molecule has 2 N–H and O–H groups in total. The van der Waals surface area contributed by atoms with Crippen molar-refractivity contribution in [2.24, 2.45) is 10.9 Å². The molecule has 30 heavy (non-hydrogen) atoms. The van der Waals surface area contributed by atoms with Gasteiger partial charge in [-0.15, -0.1) is 24.0 Å². The molecule has 0 bridgehead atoms. The predicted molar refractivity (Wildman–Crippen MR) is 129 cm³/mol. The summed E-state index contributed by atoms with van der Waals surface area (Å²) >= 11 is 0. The first kappa shape index (κ1) is 24.1. The lowest BCUT2D eigenvalue weighted by Gasteiger charge is -2.32. The number of rotatable bonds is 6. The Balaban J connectivity index is 0.00000320. The third-order valence-corrected chi connectivity index (χ3v) is 5.37. The van der Waals surface area contributed by atoms with Gasteiger partial charge in [0.15, 0.2) is 5.96 Å². The molecule has 2 aromatic rings. The van der Waals surface area contributed by atoms with Crippen LogP contribution in [0.15, 0.2) is 59.6 Å². The molecule has 1 amide bonds. The summed E-state index contributed by atoms with van der Waals surface area (Å²) in [4.78, 5) is 18.6. The molecule has 1 saturated heterocycles. The van der Waals surface area contributed by atoms with Gasteiger partial charge in [0.2, 0.25) is 5.91 Å². The number of benzene rings is 2. The van der Waals surface area contributed by atoms with Crippen molar-refractivity contribution in [1.29, 1.82) is 0 Å². The van der Waals surface area contributed by atoms with E-state index >= 15 is 0 Å². The van der Waals surface area contributed by atoms with Gasteiger partial charge in [0, 0.05) is 32.2 Å². The smallest absolute Gasteiger partial charge is 0.241 e. The number of amides is 1. The number of likely N-dealkylation sites (tertiary alicyclic amines) is 1. The van der Waals surface area contributed by atoms with Crippen LogP contribution in [0.5, 0.6) is 0 Å². The Kier molecular flexibility index (Phi) is 10.1. The zero-order valence-corrected chi connectivity index (χ0v) is 19.6. The lowest BCUT2D eigenvalue weighted by Crippen LogP contribution is -2.46. The molecule has 1 fully saturated rings. The van der Waals surface area contributed by atoms with Crippen molar-refractivity contribution in [3.05, 3.63) is 71.5 Å². The number of halogens is 2. The van der Waals surface area contributed by atoms with Gasteiger partial charge >= 0.3 is 0 Å². The number of aliphatic imine (C=N–C) groups is 1. The Labute approximate surface area is 195 Å². The van der Waals surface area contributed by atoms with Crippen LogP contribution in [-0.2, 0) is 17.8 Å². The number of hydrogen-bond donors (Lipinski definition) is 2. The summed E-state index contributed by atoms with van der Waals surface area (Å²) in [7, 11) is 1.64. The van der Waals surface area contributed by atoms with E-state index < -0.39 is 0 Å². The van der Waals surface area contributed by atoms with Crippen molar-refractivity contribution in [3.63, 3.8) is 0 Å². The highest BCUT2D eigenvalue weighted by Crippen LogP contribution is 2.21. The molecule has 0 atom stereocenters. The van der Waals surface area contributed by atoms with Crippen molar-refractivity contribution >= 4 is 35.8 Å². The first-order valence-corrected chi connectivity index (χ1v) is 10.2. The fourth-order valence-corrected chi connectivity index (χ4v) is 3.65. The van der Waals surface area contributed by atoms with Crippen molar-refractivity contribution in [2.45, 2.75) is 25.8 Å². The summed E-state index contributed by atoms with van der Waals surface area (Å²) in [5.74, 6) is 0.923. The summed E-state index contributed by atoms with van der Waals surface area (Å²) in [5, 5.41) is 6.08. The third-order valence-electron chi connectivity index (χ3n) is 5.37. The first-order chi connectivity index (χ1) is 14.2. The fourth-order valence-electron chi connectivity index (χ4n) is 3.65. The maximum Gasteiger partial charge on any atom is 0.241 e. The Morgan fingerprint density at radius 2 is 1.73 bits per heavy atom. The number of guanidine groups is 1. The number of hydrogen-bond acceptors (Lipinski definition) is 2. The fraction of sp³-hybridized carbons (Fsp3) is 0.391. The zero-order valence-electron chi connectivity index (χ0n) is 17.3. The molecule has 0 aliphatic carbocycles. The topological polar surface area (TPSA) is 56.7 Å². The number of carbonyl (C=O) groups excluding carboxylic acids is 1. The zero-order chi connectivity index (χ0) is 20.5. The minimum Gasteiger partial charge on any atom is -0.352 e. The summed E-state index contributed by atoms with van der Waals surface area (Å²) in [6, 6.07) is 17.1. The lowest BCUT2D eigenvalue weighted by molar-refractivity contribution is -0.131. The highest BCUT2D eigenvalue weighted by molar-refractivity contribution is 14.0. The molecule has 3 rings (SSSR count). The van der Waals surface area contributed by atoms with Crippen molar-refractivity contribution < 1.29 is 9.18 Å². The molecule has 1 aliphatic rings. The normalized spacial score (nSPS) is 14.7. The SMILES string of the molecule is CN=C(NCC(=O)N1CCC(Cc2ccccc2)CC1)NCc1ccccc1F.I. The van der Waals surface area contributed by atoms with Gasteiger partial charge in [0.25, 0.3) is 0 Å². The minimum atomic E-state index is -0.259. The van der Waals surface area contributed by atoms with E-state index in [0.717, 1.165) is 32.4 Å². The van der Waals surface area contributed by atoms with E-state index in [1.165, 1.54) is 11.6 Å². The van der Waals surface area contributed by atoms with E-state index in [-0.39, 0.29) is 42.2 Å². The Bertz CT molecular complexity index is 823. The van der Waals surface area contributed by atoms with E-state index in [1.54, 1.807) is 25.2 Å². The second kappa shape index (κ2) is 12.5. The average Bonchev–Trinajstić information content (AvgIpc) is 2.76. The van der Waals surface area contributed by atoms with Crippen molar-refractivity contribution in [3.8, 4) is 0 Å². The molecular formula is C23H30FIN4O. The van der Waals surface area contributed by atoms with Gasteiger partial charge in [0.1, 0.15) is 5.82 Å². The Morgan fingerprint density at radius 1 is 1.07 bits per heavy atom. The molecule has 0 spiro atoms. The third kappa shape index (κ3) is 7.27. The lowest BCUT2D eigenvalue weighted by atomic mass is 9.90. The van der Waals surface area contributed by atoms with Crippen LogP contribution in [0.2, 0.25) is 0 Å². The largest absolute Gasteiger partial charge is 0.352 e. The Hall–Kier alpha value is -2.16. The van der Waals surface area contributed by atoms with Crippen molar-refractivity contribution in [1.82, 2.24) is 15.5 Å². The molecule has 1 aliphatic heterocycles. The van der Waals surface area contributed by atoms with Crippen LogP contribution in [0.4, 0.5) is 4.39 Å². The number of nitrogens with zero attached hydrogens (tertiary/aromatic N) is 2. The quantitative estimate of drug-likeness (QED) is 0.345. The first-order valence-electron chi connectivity index (χ1n) is 10.2. The monoisotopic (exact) mass is 524 g/mol. The maximum atomic E-state index is 13.7. The summed E-state index contributed by atoms with van der Waals surface area (Å²) in [6.07, 6.45) is 3.13. The molecule has 7 heteroatoms. The van der Waals surface area contributed by atoms with E-state index in [2.05, 4.69) is 39.9 Å². The summed E-state index contributed by atoms with van der Waals surface area (Å²) in [5.41, 5.74) is 1.92. The molecule has 2 aromatic carbocycles. The molecule has 0 radical (unpaired) electrons. The minimum absolute atomic E-state index is 0. The number of piperidine rings is 1. The van der Waals surface area contributed by atoms with E-state index in [0.29, 0.717) is 24.0 Å². The van der Waals surface area contributed by atoms with Crippen molar-refractivity contribution in [2.75, 3.05) is 26.7 Å².